The highest BCUT2D eigenvalue weighted by atomic mass is 16.5. The van der Waals surface area contributed by atoms with E-state index >= 15 is 0 Å². The van der Waals surface area contributed by atoms with Gasteiger partial charge < -0.3 is 18.6 Å². The molecular formula is C30H27N3O5. The molecule has 0 N–H and O–H groups in total. The fraction of sp³-hybridized carbons (Fsp3) is 0.167. The second-order valence-corrected chi connectivity index (χ2v) is 8.43. The predicted octanol–water partition coefficient (Wildman–Crippen LogP) is 5.84. The van der Waals surface area contributed by atoms with Crippen LogP contribution in [0.5, 0.6) is 17.2 Å². The summed E-state index contributed by atoms with van der Waals surface area (Å²) in [5.41, 5.74) is 2.46. The van der Waals surface area contributed by atoms with Crippen molar-refractivity contribution in [2.45, 2.75) is 13.3 Å². The molecule has 0 bridgehead atoms. The second kappa shape index (κ2) is 10.6. The summed E-state index contributed by atoms with van der Waals surface area (Å²) in [6.45, 7) is 6.22. The Bertz CT molecular complexity index is 1730. The molecule has 0 saturated carbocycles. The Morgan fingerprint density at radius 2 is 1.87 bits per heavy atom. The van der Waals surface area contributed by atoms with Crippen molar-refractivity contribution < 1.29 is 18.6 Å². The third-order valence-electron chi connectivity index (χ3n) is 6.06. The van der Waals surface area contributed by atoms with E-state index in [0.29, 0.717) is 52.5 Å². The number of furan rings is 1. The number of nitrogens with zero attached hydrogens (tertiary/aromatic N) is 3. The van der Waals surface area contributed by atoms with E-state index in [1.54, 1.807) is 50.8 Å². The summed E-state index contributed by atoms with van der Waals surface area (Å²) in [5, 5.41) is 5.79. The normalized spacial score (nSPS) is 11.3. The van der Waals surface area contributed by atoms with Crippen LogP contribution in [0, 0.1) is 0 Å². The molecule has 0 radical (unpaired) electrons. The zero-order valence-corrected chi connectivity index (χ0v) is 21.4. The number of fused-ring (bicyclic) bond motifs is 2. The van der Waals surface area contributed by atoms with Gasteiger partial charge in [0.1, 0.15) is 11.3 Å². The van der Waals surface area contributed by atoms with Gasteiger partial charge in [0, 0.05) is 5.56 Å². The van der Waals surface area contributed by atoms with Crippen LogP contribution < -0.4 is 19.8 Å². The summed E-state index contributed by atoms with van der Waals surface area (Å²) in [6, 6.07) is 18.2. The van der Waals surface area contributed by atoms with Crippen LogP contribution in [0.15, 0.2) is 87.6 Å². The van der Waals surface area contributed by atoms with Gasteiger partial charge in [0.2, 0.25) is 5.82 Å². The zero-order valence-electron chi connectivity index (χ0n) is 21.4. The average Bonchev–Trinajstić information content (AvgIpc) is 3.37. The number of hydrogen-bond acceptors (Lipinski definition) is 7. The molecule has 5 rings (SSSR count). The van der Waals surface area contributed by atoms with Crippen LogP contribution in [-0.4, -0.2) is 36.7 Å². The van der Waals surface area contributed by atoms with Gasteiger partial charge in [0.15, 0.2) is 17.3 Å². The van der Waals surface area contributed by atoms with E-state index in [9.17, 15) is 4.79 Å². The minimum atomic E-state index is -0.320. The van der Waals surface area contributed by atoms with E-state index in [2.05, 4.69) is 11.7 Å². The maximum Gasteiger partial charge on any atom is 0.282 e. The fourth-order valence-electron chi connectivity index (χ4n) is 4.40. The van der Waals surface area contributed by atoms with Crippen molar-refractivity contribution in [2.24, 2.45) is 5.10 Å². The number of benzene rings is 3. The summed E-state index contributed by atoms with van der Waals surface area (Å²) in [5.74, 6) is 2.55. The monoisotopic (exact) mass is 509 g/mol. The summed E-state index contributed by atoms with van der Waals surface area (Å²) < 4.78 is 24.2. The highest BCUT2D eigenvalue weighted by molar-refractivity contribution is 5.89. The van der Waals surface area contributed by atoms with Crippen molar-refractivity contribution in [1.29, 1.82) is 0 Å². The molecule has 192 valence electrons. The molecule has 38 heavy (non-hydrogen) atoms. The van der Waals surface area contributed by atoms with Gasteiger partial charge in [-0.1, -0.05) is 24.3 Å². The summed E-state index contributed by atoms with van der Waals surface area (Å²) >= 11 is 0. The number of para-hydroxylation sites is 1. The Morgan fingerprint density at radius 1 is 1.03 bits per heavy atom. The number of aromatic nitrogens is 2. The van der Waals surface area contributed by atoms with E-state index in [0.717, 1.165) is 16.5 Å². The van der Waals surface area contributed by atoms with Crippen LogP contribution in [0.4, 0.5) is 0 Å². The molecule has 0 spiro atoms. The standard InChI is InChI=1S/C30H27N3O5/c1-5-10-20-15-19(16-26(37-6-2)28(20)36-4)18-31-33-29(32-23-12-8-7-11-21(23)30(33)34)27-17-22-24(35-3)13-9-14-25(22)38-27/h5,7-9,11-18H,1,6,10H2,2-4H3. The molecule has 8 heteroatoms. The van der Waals surface area contributed by atoms with Crippen molar-refractivity contribution in [2.75, 3.05) is 20.8 Å². The molecule has 8 nitrogen and oxygen atoms in total. The van der Waals surface area contributed by atoms with Gasteiger partial charge in [-0.15, -0.1) is 6.58 Å². The van der Waals surface area contributed by atoms with E-state index in [-0.39, 0.29) is 11.4 Å². The third kappa shape index (κ3) is 4.52. The van der Waals surface area contributed by atoms with Gasteiger partial charge in [-0.2, -0.15) is 9.78 Å². The lowest BCUT2D eigenvalue weighted by Gasteiger charge is -2.14. The number of methoxy groups -OCH3 is 2. The van der Waals surface area contributed by atoms with Crippen LogP contribution in [0.1, 0.15) is 18.1 Å². The van der Waals surface area contributed by atoms with E-state index in [4.69, 9.17) is 23.6 Å². The van der Waals surface area contributed by atoms with Gasteiger partial charge in [-0.3, -0.25) is 4.79 Å². The number of ether oxygens (including phenoxy) is 3. The van der Waals surface area contributed by atoms with Crippen molar-refractivity contribution in [3.05, 3.63) is 94.8 Å². The van der Waals surface area contributed by atoms with Gasteiger partial charge >= 0.3 is 0 Å². The molecule has 5 aromatic rings. The first-order chi connectivity index (χ1) is 18.6. The molecule has 0 aliphatic carbocycles. The van der Waals surface area contributed by atoms with Crippen LogP contribution in [0.2, 0.25) is 0 Å². The van der Waals surface area contributed by atoms with Crippen molar-refractivity contribution in [3.8, 4) is 28.8 Å². The first kappa shape index (κ1) is 24.8. The predicted molar refractivity (Wildman–Crippen MR) is 149 cm³/mol. The molecule has 0 aliphatic heterocycles. The maximum atomic E-state index is 13.6. The van der Waals surface area contributed by atoms with Crippen molar-refractivity contribution >= 4 is 28.1 Å². The Hall–Kier alpha value is -4.85. The van der Waals surface area contributed by atoms with Crippen LogP contribution in [-0.2, 0) is 6.42 Å². The van der Waals surface area contributed by atoms with E-state index < -0.39 is 0 Å². The summed E-state index contributed by atoms with van der Waals surface area (Å²) in [6.07, 6.45) is 3.97. The molecule has 0 aliphatic rings. The first-order valence-corrected chi connectivity index (χ1v) is 12.2. The smallest absolute Gasteiger partial charge is 0.282 e. The molecular weight excluding hydrogens is 482 g/mol. The summed E-state index contributed by atoms with van der Waals surface area (Å²) in [7, 11) is 3.20. The molecule has 3 aromatic carbocycles. The third-order valence-corrected chi connectivity index (χ3v) is 6.06. The molecule has 0 fully saturated rings. The minimum Gasteiger partial charge on any atom is -0.496 e. The SMILES string of the molecule is C=CCc1cc(C=Nn2c(-c3cc4c(OC)cccc4o3)nc3ccccc3c2=O)cc(OCC)c1OC. The molecule has 2 aromatic heterocycles. The van der Waals surface area contributed by atoms with Crippen LogP contribution in [0.3, 0.4) is 0 Å². The number of allylic oxidation sites excluding steroid dienone is 1. The lowest BCUT2D eigenvalue weighted by Crippen LogP contribution is -2.20. The van der Waals surface area contributed by atoms with Gasteiger partial charge in [0.05, 0.1) is 43.3 Å². The Kier molecular flexibility index (Phi) is 6.95. The molecule has 0 unspecified atom stereocenters. The van der Waals surface area contributed by atoms with Crippen molar-refractivity contribution in [1.82, 2.24) is 9.66 Å². The molecule has 0 amide bonds. The Morgan fingerprint density at radius 3 is 2.63 bits per heavy atom. The van der Waals surface area contributed by atoms with Crippen LogP contribution in [0.25, 0.3) is 33.5 Å². The number of rotatable bonds is 9. The average molecular weight is 510 g/mol. The maximum absolute atomic E-state index is 13.6. The quantitative estimate of drug-likeness (QED) is 0.183. The van der Waals surface area contributed by atoms with Gasteiger partial charge in [-0.05, 0) is 61.4 Å². The van der Waals surface area contributed by atoms with Gasteiger partial charge in [-0.25, -0.2) is 4.98 Å². The molecule has 0 atom stereocenters. The number of hydrogen-bond donors (Lipinski definition) is 0. The summed E-state index contributed by atoms with van der Waals surface area (Å²) in [4.78, 5) is 18.4. The largest absolute Gasteiger partial charge is 0.496 e. The zero-order chi connectivity index (χ0) is 26.6. The highest BCUT2D eigenvalue weighted by Crippen LogP contribution is 2.34. The van der Waals surface area contributed by atoms with Crippen molar-refractivity contribution in [3.63, 3.8) is 0 Å². The lowest BCUT2D eigenvalue weighted by atomic mass is 10.1. The molecule has 0 saturated heterocycles. The Balaban J connectivity index is 1.70. The fourth-order valence-corrected chi connectivity index (χ4v) is 4.40. The van der Waals surface area contributed by atoms with E-state index in [1.807, 2.05) is 43.3 Å². The molecule has 2 heterocycles. The first-order valence-electron chi connectivity index (χ1n) is 12.2. The second-order valence-electron chi connectivity index (χ2n) is 8.43. The van der Waals surface area contributed by atoms with Crippen LogP contribution >= 0.6 is 0 Å². The minimum absolute atomic E-state index is 0.271. The highest BCUT2D eigenvalue weighted by Gasteiger charge is 2.18. The topological polar surface area (TPSA) is 88.1 Å². The van der Waals surface area contributed by atoms with Gasteiger partial charge in [0.25, 0.3) is 5.56 Å². The Labute approximate surface area is 219 Å². The lowest BCUT2D eigenvalue weighted by molar-refractivity contribution is 0.309. The van der Waals surface area contributed by atoms with E-state index in [1.165, 1.54) is 4.68 Å².